The number of hydrazine groups is 1. The normalized spacial score (nSPS) is 12.2. The summed E-state index contributed by atoms with van der Waals surface area (Å²) in [4.78, 5) is 0. The fourth-order valence-electron chi connectivity index (χ4n) is 2.17. The van der Waals surface area contributed by atoms with E-state index in [1.54, 1.807) is 13.2 Å². The fourth-order valence-corrected chi connectivity index (χ4v) is 2.99. The van der Waals surface area contributed by atoms with Crippen LogP contribution in [0.3, 0.4) is 0 Å². The molecule has 1 unspecified atom stereocenters. The Labute approximate surface area is 142 Å². The largest absolute Gasteiger partial charge is 0.496 e. The van der Waals surface area contributed by atoms with Crippen LogP contribution < -0.4 is 16.0 Å². The van der Waals surface area contributed by atoms with Crippen molar-refractivity contribution in [1.82, 2.24) is 5.43 Å². The molecule has 0 amide bonds. The summed E-state index contributed by atoms with van der Waals surface area (Å²) in [6.45, 7) is 0. The molecule has 2 aromatic rings. The summed E-state index contributed by atoms with van der Waals surface area (Å²) >= 11 is 15.8. The van der Waals surface area contributed by atoms with Gasteiger partial charge in [0.15, 0.2) is 0 Å². The molecule has 0 radical (unpaired) electrons. The Balaban J connectivity index is 2.35. The van der Waals surface area contributed by atoms with Gasteiger partial charge in [0, 0.05) is 14.5 Å². The monoisotopic (exact) mass is 388 g/mol. The predicted molar refractivity (Wildman–Crippen MR) is 90.9 cm³/mol. The lowest BCUT2D eigenvalue weighted by Gasteiger charge is -2.19. The number of hydrogen-bond acceptors (Lipinski definition) is 3. The molecule has 1 atom stereocenters. The first-order chi connectivity index (χ1) is 10.0. The molecule has 3 nitrogen and oxygen atoms in total. The maximum absolute atomic E-state index is 6.27. The number of benzene rings is 2. The molecule has 0 aliphatic heterocycles. The summed E-state index contributed by atoms with van der Waals surface area (Å²) < 4.78 is 6.31. The quantitative estimate of drug-likeness (QED) is 0.584. The van der Waals surface area contributed by atoms with Gasteiger partial charge >= 0.3 is 0 Å². The molecule has 0 aliphatic rings. The van der Waals surface area contributed by atoms with Gasteiger partial charge in [-0.25, -0.2) is 0 Å². The maximum Gasteiger partial charge on any atom is 0.122 e. The third kappa shape index (κ3) is 4.11. The number of methoxy groups -OCH3 is 1. The van der Waals surface area contributed by atoms with E-state index in [4.69, 9.17) is 33.8 Å². The van der Waals surface area contributed by atoms with Crippen molar-refractivity contribution in [3.05, 3.63) is 62.0 Å². The Hall–Kier alpha value is -0.780. The molecule has 21 heavy (non-hydrogen) atoms. The average molecular weight is 390 g/mol. The van der Waals surface area contributed by atoms with E-state index in [1.807, 2.05) is 30.3 Å². The number of nitrogens with one attached hydrogen (secondary N) is 1. The molecule has 112 valence electrons. The van der Waals surface area contributed by atoms with E-state index < -0.39 is 0 Å². The second-order valence-corrected chi connectivity index (χ2v) is 6.30. The highest BCUT2D eigenvalue weighted by Crippen LogP contribution is 2.31. The maximum atomic E-state index is 6.27. The highest BCUT2D eigenvalue weighted by atomic mass is 79.9. The topological polar surface area (TPSA) is 47.3 Å². The molecular formula is C15H15BrCl2N2O. The van der Waals surface area contributed by atoms with Crippen LogP contribution in [0.5, 0.6) is 5.75 Å². The van der Waals surface area contributed by atoms with Gasteiger partial charge in [0.05, 0.1) is 13.2 Å². The number of ether oxygens (including phenoxy) is 1. The zero-order chi connectivity index (χ0) is 15.4. The third-order valence-corrected chi connectivity index (χ3v) is 4.27. The van der Waals surface area contributed by atoms with Gasteiger partial charge < -0.3 is 4.74 Å². The van der Waals surface area contributed by atoms with Gasteiger partial charge in [0.2, 0.25) is 0 Å². The Morgan fingerprint density at radius 2 is 2.00 bits per heavy atom. The van der Waals surface area contributed by atoms with Crippen LogP contribution in [-0.2, 0) is 6.42 Å². The molecule has 0 spiro atoms. The highest BCUT2D eigenvalue weighted by molar-refractivity contribution is 9.10. The summed E-state index contributed by atoms with van der Waals surface area (Å²) in [6.07, 6.45) is 0.608. The highest BCUT2D eigenvalue weighted by Gasteiger charge is 2.17. The van der Waals surface area contributed by atoms with Crippen LogP contribution in [0.15, 0.2) is 40.9 Å². The molecular weight excluding hydrogens is 375 g/mol. The molecule has 0 aromatic heterocycles. The Morgan fingerprint density at radius 1 is 1.24 bits per heavy atom. The minimum absolute atomic E-state index is 0.151. The molecule has 0 aliphatic carbocycles. The van der Waals surface area contributed by atoms with E-state index >= 15 is 0 Å². The van der Waals surface area contributed by atoms with Crippen molar-refractivity contribution >= 4 is 39.1 Å². The molecule has 0 heterocycles. The van der Waals surface area contributed by atoms with Crippen LogP contribution in [-0.4, -0.2) is 7.11 Å². The summed E-state index contributed by atoms with van der Waals surface area (Å²) in [5.41, 5.74) is 4.68. The van der Waals surface area contributed by atoms with Gasteiger partial charge in [-0.1, -0.05) is 39.1 Å². The molecule has 0 saturated carbocycles. The van der Waals surface area contributed by atoms with Crippen molar-refractivity contribution in [3.63, 3.8) is 0 Å². The Morgan fingerprint density at radius 3 is 2.67 bits per heavy atom. The van der Waals surface area contributed by atoms with Crippen LogP contribution in [0.1, 0.15) is 17.2 Å². The van der Waals surface area contributed by atoms with Gasteiger partial charge in [-0.05, 0) is 53.9 Å². The van der Waals surface area contributed by atoms with E-state index in [2.05, 4.69) is 21.4 Å². The molecule has 2 rings (SSSR count). The van der Waals surface area contributed by atoms with Crippen LogP contribution in [0.25, 0.3) is 0 Å². The first-order valence-electron chi connectivity index (χ1n) is 6.28. The predicted octanol–water partition coefficient (Wildman–Crippen LogP) is 4.51. The number of hydrogen-bond donors (Lipinski definition) is 2. The van der Waals surface area contributed by atoms with Crippen LogP contribution in [0.2, 0.25) is 10.0 Å². The SMILES string of the molecule is COc1ccc(Cl)cc1CC(NN)c1cc(Br)ccc1Cl. The summed E-state index contributed by atoms with van der Waals surface area (Å²) in [5, 5.41) is 1.31. The average Bonchev–Trinajstić information content (AvgIpc) is 2.47. The number of rotatable bonds is 5. The van der Waals surface area contributed by atoms with Gasteiger partial charge in [-0.2, -0.15) is 0 Å². The standard InChI is InChI=1S/C15H15BrCl2N2O/c1-21-15-5-3-11(17)6-9(15)7-14(20-19)12-8-10(16)2-4-13(12)18/h2-6,8,14,20H,7,19H2,1H3. The van der Waals surface area contributed by atoms with Crippen molar-refractivity contribution in [1.29, 1.82) is 0 Å². The summed E-state index contributed by atoms with van der Waals surface area (Å²) in [6, 6.07) is 11.0. The van der Waals surface area contributed by atoms with Crippen LogP contribution in [0, 0.1) is 0 Å². The minimum atomic E-state index is -0.151. The number of halogens is 3. The first-order valence-corrected chi connectivity index (χ1v) is 7.83. The lowest BCUT2D eigenvalue weighted by Crippen LogP contribution is -2.30. The smallest absolute Gasteiger partial charge is 0.122 e. The van der Waals surface area contributed by atoms with E-state index in [1.165, 1.54) is 0 Å². The van der Waals surface area contributed by atoms with E-state index in [0.717, 1.165) is 21.3 Å². The zero-order valence-electron chi connectivity index (χ0n) is 11.4. The van der Waals surface area contributed by atoms with Gasteiger partial charge in [-0.15, -0.1) is 0 Å². The Kier molecular flexibility index (Phi) is 5.90. The lowest BCUT2D eigenvalue weighted by molar-refractivity contribution is 0.405. The summed E-state index contributed by atoms with van der Waals surface area (Å²) in [5.74, 6) is 6.47. The second kappa shape index (κ2) is 7.47. The molecule has 2 aromatic carbocycles. The molecule has 0 bridgehead atoms. The molecule has 6 heteroatoms. The van der Waals surface area contributed by atoms with Gasteiger partial charge in [0.1, 0.15) is 5.75 Å². The van der Waals surface area contributed by atoms with Crippen molar-refractivity contribution < 1.29 is 4.74 Å². The zero-order valence-corrected chi connectivity index (χ0v) is 14.5. The van der Waals surface area contributed by atoms with Gasteiger partial charge in [0.25, 0.3) is 0 Å². The van der Waals surface area contributed by atoms with Crippen molar-refractivity contribution in [3.8, 4) is 5.75 Å². The molecule has 3 N–H and O–H groups in total. The second-order valence-electron chi connectivity index (χ2n) is 4.55. The number of nitrogens with two attached hydrogens (primary N) is 1. The van der Waals surface area contributed by atoms with Crippen molar-refractivity contribution in [2.24, 2.45) is 5.84 Å². The molecule has 0 saturated heterocycles. The van der Waals surface area contributed by atoms with Crippen molar-refractivity contribution in [2.45, 2.75) is 12.5 Å². The first kappa shape index (κ1) is 16.6. The van der Waals surface area contributed by atoms with E-state index in [9.17, 15) is 0 Å². The van der Waals surface area contributed by atoms with Crippen LogP contribution in [0.4, 0.5) is 0 Å². The minimum Gasteiger partial charge on any atom is -0.496 e. The third-order valence-electron chi connectivity index (χ3n) is 3.20. The van der Waals surface area contributed by atoms with E-state index in [0.29, 0.717) is 16.5 Å². The Bertz CT molecular complexity index is 637. The van der Waals surface area contributed by atoms with Gasteiger partial charge in [-0.3, -0.25) is 11.3 Å². The lowest BCUT2D eigenvalue weighted by atomic mass is 9.98. The van der Waals surface area contributed by atoms with Crippen LogP contribution >= 0.6 is 39.1 Å². The van der Waals surface area contributed by atoms with E-state index in [-0.39, 0.29) is 6.04 Å². The molecule has 0 fully saturated rings. The summed E-state index contributed by atoms with van der Waals surface area (Å²) in [7, 11) is 1.63. The van der Waals surface area contributed by atoms with Crippen molar-refractivity contribution in [2.75, 3.05) is 7.11 Å². The fraction of sp³-hybridized carbons (Fsp3) is 0.200.